The van der Waals surface area contributed by atoms with Crippen LogP contribution in [-0.2, 0) is 6.42 Å². The topological polar surface area (TPSA) is 61.9 Å². The molecule has 1 N–H and O–H groups in total. The predicted octanol–water partition coefficient (Wildman–Crippen LogP) is 2.73. The summed E-state index contributed by atoms with van der Waals surface area (Å²) in [6.45, 7) is 6.59. The van der Waals surface area contributed by atoms with Crippen molar-refractivity contribution < 1.29 is 4.79 Å². The van der Waals surface area contributed by atoms with Crippen LogP contribution in [0.3, 0.4) is 0 Å². The molecule has 0 atom stereocenters. The van der Waals surface area contributed by atoms with E-state index < -0.39 is 0 Å². The molecular weight excluding hydrogens is 252 g/mol. The molecule has 0 radical (unpaired) electrons. The Bertz CT molecular complexity index is 591. The van der Waals surface area contributed by atoms with Crippen LogP contribution >= 0.6 is 0 Å². The lowest BCUT2D eigenvalue weighted by Crippen LogP contribution is -2.32. The Morgan fingerprint density at radius 3 is 2.70 bits per heavy atom. The number of H-pyrrole nitrogens is 1. The second-order valence-corrected chi connectivity index (χ2v) is 4.69. The SMILES string of the molecule is CCCc1nc(C(=O)N(CC)c2ccccc2C)n[nH]1. The number of carbonyl (C=O) groups is 1. The molecule has 0 aliphatic rings. The summed E-state index contributed by atoms with van der Waals surface area (Å²) in [6, 6.07) is 7.82. The monoisotopic (exact) mass is 272 g/mol. The molecule has 2 rings (SSSR count). The maximum Gasteiger partial charge on any atom is 0.297 e. The van der Waals surface area contributed by atoms with Crippen molar-refractivity contribution >= 4 is 11.6 Å². The summed E-state index contributed by atoms with van der Waals surface area (Å²) >= 11 is 0. The molecule has 0 aliphatic heterocycles. The van der Waals surface area contributed by atoms with Gasteiger partial charge in [-0.3, -0.25) is 9.89 Å². The molecule has 0 bridgehead atoms. The van der Waals surface area contributed by atoms with Crippen molar-refractivity contribution in [3.63, 3.8) is 0 Å². The largest absolute Gasteiger partial charge is 0.306 e. The normalized spacial score (nSPS) is 10.6. The number of amides is 1. The zero-order chi connectivity index (χ0) is 14.5. The summed E-state index contributed by atoms with van der Waals surface area (Å²) in [6.07, 6.45) is 1.77. The van der Waals surface area contributed by atoms with Crippen LogP contribution in [0.1, 0.15) is 42.3 Å². The molecule has 5 nitrogen and oxygen atoms in total. The minimum atomic E-state index is -0.166. The zero-order valence-electron chi connectivity index (χ0n) is 12.2. The molecule has 20 heavy (non-hydrogen) atoms. The first kappa shape index (κ1) is 14.2. The van der Waals surface area contributed by atoms with Crippen LogP contribution in [0.15, 0.2) is 24.3 Å². The molecule has 0 aliphatic carbocycles. The number of hydrogen-bond acceptors (Lipinski definition) is 3. The molecular formula is C15H20N4O. The highest BCUT2D eigenvalue weighted by atomic mass is 16.2. The van der Waals surface area contributed by atoms with Gasteiger partial charge in [-0.1, -0.05) is 25.1 Å². The van der Waals surface area contributed by atoms with Crippen molar-refractivity contribution in [2.75, 3.05) is 11.4 Å². The van der Waals surface area contributed by atoms with Crippen LogP contribution in [0.4, 0.5) is 5.69 Å². The third kappa shape index (κ3) is 2.87. The maximum atomic E-state index is 12.5. The van der Waals surface area contributed by atoms with Crippen LogP contribution in [-0.4, -0.2) is 27.6 Å². The summed E-state index contributed by atoms with van der Waals surface area (Å²) in [5.41, 5.74) is 1.97. The van der Waals surface area contributed by atoms with Gasteiger partial charge in [0.25, 0.3) is 5.91 Å². The number of nitrogens with zero attached hydrogens (tertiary/aromatic N) is 3. The highest BCUT2D eigenvalue weighted by molar-refractivity contribution is 6.03. The van der Waals surface area contributed by atoms with E-state index in [0.717, 1.165) is 29.9 Å². The standard InChI is InChI=1S/C15H20N4O/c1-4-8-13-16-14(18-17-13)15(20)19(5-2)12-10-7-6-9-11(12)3/h6-7,9-10H,4-5,8H2,1-3H3,(H,16,17,18). The molecule has 1 heterocycles. The second-order valence-electron chi connectivity index (χ2n) is 4.69. The van der Waals surface area contributed by atoms with Gasteiger partial charge in [-0.05, 0) is 31.9 Å². The number of aromatic nitrogens is 3. The number of hydrogen-bond donors (Lipinski definition) is 1. The minimum Gasteiger partial charge on any atom is -0.306 e. The van der Waals surface area contributed by atoms with E-state index in [4.69, 9.17) is 0 Å². The van der Waals surface area contributed by atoms with Crippen LogP contribution in [0.5, 0.6) is 0 Å². The Kier molecular flexibility index (Phi) is 4.50. The number of carbonyl (C=O) groups excluding carboxylic acids is 1. The number of para-hydroxylation sites is 1. The average molecular weight is 272 g/mol. The first-order valence-corrected chi connectivity index (χ1v) is 6.96. The number of benzene rings is 1. The lowest BCUT2D eigenvalue weighted by atomic mass is 10.2. The van der Waals surface area contributed by atoms with Crippen molar-refractivity contribution in [3.05, 3.63) is 41.5 Å². The van der Waals surface area contributed by atoms with Crippen LogP contribution in [0.25, 0.3) is 0 Å². The van der Waals surface area contributed by atoms with Gasteiger partial charge in [0.05, 0.1) is 0 Å². The van der Waals surface area contributed by atoms with Crippen LogP contribution < -0.4 is 4.90 Å². The highest BCUT2D eigenvalue weighted by Crippen LogP contribution is 2.20. The van der Waals surface area contributed by atoms with E-state index in [1.54, 1.807) is 4.90 Å². The van der Waals surface area contributed by atoms with E-state index in [9.17, 15) is 4.79 Å². The highest BCUT2D eigenvalue weighted by Gasteiger charge is 2.21. The maximum absolute atomic E-state index is 12.5. The van der Waals surface area contributed by atoms with Crippen molar-refractivity contribution in [2.24, 2.45) is 0 Å². The van der Waals surface area contributed by atoms with E-state index in [0.29, 0.717) is 6.54 Å². The summed E-state index contributed by atoms with van der Waals surface area (Å²) in [5, 5.41) is 6.86. The fraction of sp³-hybridized carbons (Fsp3) is 0.400. The third-order valence-electron chi connectivity index (χ3n) is 3.18. The van der Waals surface area contributed by atoms with Crippen molar-refractivity contribution in [3.8, 4) is 0 Å². The Labute approximate surface area is 119 Å². The first-order valence-electron chi connectivity index (χ1n) is 6.96. The Morgan fingerprint density at radius 1 is 1.30 bits per heavy atom. The smallest absolute Gasteiger partial charge is 0.297 e. The third-order valence-corrected chi connectivity index (χ3v) is 3.18. The molecule has 5 heteroatoms. The lowest BCUT2D eigenvalue weighted by Gasteiger charge is -2.21. The number of rotatable bonds is 5. The molecule has 0 saturated heterocycles. The fourth-order valence-corrected chi connectivity index (χ4v) is 2.15. The molecule has 1 amide bonds. The summed E-state index contributed by atoms with van der Waals surface area (Å²) in [5.74, 6) is 0.829. The molecule has 1 aromatic carbocycles. The Balaban J connectivity index is 2.27. The number of aryl methyl sites for hydroxylation is 2. The Hall–Kier alpha value is -2.17. The van der Waals surface area contributed by atoms with Gasteiger partial charge in [0.1, 0.15) is 5.82 Å². The number of aromatic amines is 1. The molecule has 2 aromatic rings. The van der Waals surface area contributed by atoms with Crippen molar-refractivity contribution in [1.82, 2.24) is 15.2 Å². The summed E-state index contributed by atoms with van der Waals surface area (Å²) in [4.78, 5) is 18.5. The summed E-state index contributed by atoms with van der Waals surface area (Å²) < 4.78 is 0. The van der Waals surface area contributed by atoms with E-state index in [1.165, 1.54) is 0 Å². The van der Waals surface area contributed by atoms with Crippen LogP contribution in [0, 0.1) is 6.92 Å². The van der Waals surface area contributed by atoms with Crippen LogP contribution in [0.2, 0.25) is 0 Å². The van der Waals surface area contributed by atoms with Gasteiger partial charge in [0, 0.05) is 18.7 Å². The lowest BCUT2D eigenvalue weighted by molar-refractivity contribution is 0.0978. The molecule has 106 valence electrons. The van der Waals surface area contributed by atoms with Gasteiger partial charge in [0.15, 0.2) is 0 Å². The summed E-state index contributed by atoms with van der Waals surface area (Å²) in [7, 11) is 0. The van der Waals surface area contributed by atoms with E-state index in [2.05, 4.69) is 22.1 Å². The fourth-order valence-electron chi connectivity index (χ4n) is 2.15. The van der Waals surface area contributed by atoms with Crippen molar-refractivity contribution in [2.45, 2.75) is 33.6 Å². The van der Waals surface area contributed by atoms with Crippen molar-refractivity contribution in [1.29, 1.82) is 0 Å². The van der Waals surface area contributed by atoms with E-state index in [-0.39, 0.29) is 11.7 Å². The van der Waals surface area contributed by atoms with Gasteiger partial charge in [-0.2, -0.15) is 0 Å². The van der Waals surface area contributed by atoms with Gasteiger partial charge in [-0.15, -0.1) is 5.10 Å². The predicted molar refractivity (Wildman–Crippen MR) is 78.9 cm³/mol. The minimum absolute atomic E-state index is 0.166. The van der Waals surface area contributed by atoms with E-state index >= 15 is 0 Å². The molecule has 1 aromatic heterocycles. The van der Waals surface area contributed by atoms with Gasteiger partial charge < -0.3 is 4.90 Å². The van der Waals surface area contributed by atoms with Gasteiger partial charge in [-0.25, -0.2) is 4.98 Å². The van der Waals surface area contributed by atoms with Gasteiger partial charge in [0.2, 0.25) is 5.82 Å². The average Bonchev–Trinajstić information content (AvgIpc) is 2.90. The second kappa shape index (κ2) is 6.32. The quantitative estimate of drug-likeness (QED) is 0.910. The molecule has 0 unspecified atom stereocenters. The number of nitrogens with one attached hydrogen (secondary N) is 1. The molecule has 0 spiro atoms. The molecule has 0 saturated carbocycles. The first-order chi connectivity index (χ1) is 9.67. The van der Waals surface area contributed by atoms with E-state index in [1.807, 2.05) is 38.1 Å². The molecule has 0 fully saturated rings. The Morgan fingerprint density at radius 2 is 2.05 bits per heavy atom. The van der Waals surface area contributed by atoms with Gasteiger partial charge >= 0.3 is 0 Å². The number of anilines is 1. The zero-order valence-corrected chi connectivity index (χ0v) is 12.2.